The molecule has 4 aromatic rings. The second kappa shape index (κ2) is 9.29. The zero-order valence-corrected chi connectivity index (χ0v) is 20.2. The SMILES string of the molecule is COc1cc(Nc2nc3n(n2)CCCC3c2cc(C(F)(F)F)ccc2C)ccc1-c1ccnc(C)c1. The molecule has 0 bridgehead atoms. The van der Waals surface area contributed by atoms with E-state index >= 15 is 0 Å². The molecular weight excluding hydrogens is 467 g/mol. The normalized spacial score (nSPS) is 15.4. The van der Waals surface area contributed by atoms with Gasteiger partial charge in [0.1, 0.15) is 11.6 Å². The lowest BCUT2D eigenvalue weighted by Crippen LogP contribution is -2.19. The number of benzene rings is 2. The van der Waals surface area contributed by atoms with Crippen molar-refractivity contribution in [2.75, 3.05) is 12.4 Å². The number of aryl methyl sites for hydroxylation is 3. The molecule has 1 N–H and O–H groups in total. The first-order valence-electron chi connectivity index (χ1n) is 11.7. The van der Waals surface area contributed by atoms with Crippen LogP contribution < -0.4 is 10.1 Å². The molecule has 9 heteroatoms. The molecule has 0 radical (unpaired) electrons. The molecule has 1 atom stereocenters. The van der Waals surface area contributed by atoms with Crippen molar-refractivity contribution in [2.24, 2.45) is 0 Å². The standard InChI is InChI=1S/C27H26F3N5O/c1-16-6-7-19(27(28,29)30)14-23(16)22-5-4-12-35-25(22)33-26(34-35)32-20-8-9-21(24(15-20)36-3)18-10-11-31-17(2)13-18/h6-11,13-15,22H,4-5,12H2,1-3H3,(H,32,34). The van der Waals surface area contributed by atoms with Crippen molar-refractivity contribution in [2.45, 2.75) is 45.3 Å². The van der Waals surface area contributed by atoms with Crippen LogP contribution in [0.15, 0.2) is 54.7 Å². The van der Waals surface area contributed by atoms with Gasteiger partial charge in [-0.15, -0.1) is 5.10 Å². The maximum Gasteiger partial charge on any atom is 0.416 e. The van der Waals surface area contributed by atoms with Crippen LogP contribution in [0.1, 0.15) is 47.0 Å². The lowest BCUT2D eigenvalue weighted by atomic mass is 9.87. The van der Waals surface area contributed by atoms with E-state index < -0.39 is 11.7 Å². The largest absolute Gasteiger partial charge is 0.496 e. The van der Waals surface area contributed by atoms with Crippen molar-refractivity contribution in [1.29, 1.82) is 0 Å². The maximum atomic E-state index is 13.4. The lowest BCUT2D eigenvalue weighted by Gasteiger charge is -2.24. The van der Waals surface area contributed by atoms with Crippen molar-refractivity contribution < 1.29 is 17.9 Å². The van der Waals surface area contributed by atoms with E-state index in [0.717, 1.165) is 40.6 Å². The Balaban J connectivity index is 1.44. The van der Waals surface area contributed by atoms with E-state index in [1.165, 1.54) is 12.1 Å². The van der Waals surface area contributed by atoms with Crippen LogP contribution in [0, 0.1) is 13.8 Å². The van der Waals surface area contributed by atoms with Crippen LogP contribution in [-0.4, -0.2) is 26.9 Å². The zero-order chi connectivity index (χ0) is 25.4. The smallest absolute Gasteiger partial charge is 0.416 e. The van der Waals surface area contributed by atoms with Gasteiger partial charge in [-0.1, -0.05) is 6.07 Å². The number of rotatable bonds is 5. The Morgan fingerprint density at radius 1 is 1.06 bits per heavy atom. The Morgan fingerprint density at radius 3 is 2.64 bits per heavy atom. The second-order valence-corrected chi connectivity index (χ2v) is 9.01. The summed E-state index contributed by atoms with van der Waals surface area (Å²) in [5, 5.41) is 7.83. The van der Waals surface area contributed by atoms with E-state index in [4.69, 9.17) is 9.72 Å². The minimum Gasteiger partial charge on any atom is -0.496 e. The van der Waals surface area contributed by atoms with Crippen LogP contribution in [0.25, 0.3) is 11.1 Å². The molecule has 1 aliphatic heterocycles. The fourth-order valence-electron chi connectivity index (χ4n) is 4.74. The number of alkyl halides is 3. The Kier molecular flexibility index (Phi) is 6.15. The summed E-state index contributed by atoms with van der Waals surface area (Å²) in [6, 6.07) is 13.6. The monoisotopic (exact) mass is 493 g/mol. The van der Waals surface area contributed by atoms with Gasteiger partial charge in [0.25, 0.3) is 0 Å². The number of methoxy groups -OCH3 is 1. The minimum atomic E-state index is -4.39. The first-order valence-corrected chi connectivity index (χ1v) is 11.7. The lowest BCUT2D eigenvalue weighted by molar-refractivity contribution is -0.137. The van der Waals surface area contributed by atoms with Crippen LogP contribution in [0.5, 0.6) is 5.75 Å². The van der Waals surface area contributed by atoms with Crippen molar-refractivity contribution >= 4 is 11.6 Å². The highest BCUT2D eigenvalue weighted by atomic mass is 19.4. The highest BCUT2D eigenvalue weighted by Crippen LogP contribution is 2.39. The first-order chi connectivity index (χ1) is 17.2. The van der Waals surface area contributed by atoms with E-state index in [2.05, 4.69) is 15.4 Å². The summed E-state index contributed by atoms with van der Waals surface area (Å²) in [7, 11) is 1.62. The molecule has 186 valence electrons. The number of hydrogen-bond donors (Lipinski definition) is 1. The predicted molar refractivity (Wildman–Crippen MR) is 132 cm³/mol. The van der Waals surface area contributed by atoms with Gasteiger partial charge in [-0.25, -0.2) is 4.68 Å². The predicted octanol–water partition coefficient (Wildman–Crippen LogP) is 6.65. The Labute approximate surface area is 207 Å². The van der Waals surface area contributed by atoms with Crippen LogP contribution >= 0.6 is 0 Å². The van der Waals surface area contributed by atoms with E-state index in [9.17, 15) is 13.2 Å². The molecule has 36 heavy (non-hydrogen) atoms. The molecule has 1 unspecified atom stereocenters. The van der Waals surface area contributed by atoms with Gasteiger partial charge in [0, 0.05) is 41.7 Å². The molecule has 0 amide bonds. The van der Waals surface area contributed by atoms with Gasteiger partial charge < -0.3 is 10.1 Å². The summed E-state index contributed by atoms with van der Waals surface area (Å²) in [6.45, 7) is 4.44. The molecule has 2 aromatic carbocycles. The fraction of sp³-hybridized carbons (Fsp3) is 0.296. The average Bonchev–Trinajstić information content (AvgIpc) is 3.26. The van der Waals surface area contributed by atoms with Gasteiger partial charge in [-0.05, 0) is 79.8 Å². The van der Waals surface area contributed by atoms with Crippen LogP contribution in [0.2, 0.25) is 0 Å². The number of nitrogens with one attached hydrogen (secondary N) is 1. The molecular formula is C27H26F3N5O. The van der Waals surface area contributed by atoms with Crippen molar-refractivity contribution in [3.8, 4) is 16.9 Å². The van der Waals surface area contributed by atoms with E-state index in [1.807, 2.05) is 44.2 Å². The summed E-state index contributed by atoms with van der Waals surface area (Å²) >= 11 is 0. The number of aromatic nitrogens is 4. The molecule has 6 nitrogen and oxygen atoms in total. The Bertz CT molecular complexity index is 1410. The molecule has 0 spiro atoms. The van der Waals surface area contributed by atoms with Crippen LogP contribution in [0.4, 0.5) is 24.8 Å². The summed E-state index contributed by atoms with van der Waals surface area (Å²) in [6.07, 6.45) is -1.10. The third kappa shape index (κ3) is 4.65. The van der Waals surface area contributed by atoms with Crippen LogP contribution in [0.3, 0.4) is 0 Å². The van der Waals surface area contributed by atoms with Gasteiger partial charge in [0.2, 0.25) is 5.95 Å². The highest BCUT2D eigenvalue weighted by Gasteiger charge is 2.33. The molecule has 0 saturated heterocycles. The number of pyridine rings is 1. The average molecular weight is 494 g/mol. The van der Waals surface area contributed by atoms with Gasteiger partial charge in [-0.3, -0.25) is 4.98 Å². The Morgan fingerprint density at radius 2 is 1.89 bits per heavy atom. The summed E-state index contributed by atoms with van der Waals surface area (Å²) < 4.78 is 47.5. The third-order valence-electron chi connectivity index (χ3n) is 6.52. The topological polar surface area (TPSA) is 64.9 Å². The molecule has 0 fully saturated rings. The molecule has 1 aliphatic rings. The minimum absolute atomic E-state index is 0.254. The van der Waals surface area contributed by atoms with Gasteiger partial charge in [-0.2, -0.15) is 18.2 Å². The number of hydrogen-bond acceptors (Lipinski definition) is 5. The molecule has 5 rings (SSSR count). The molecule has 3 heterocycles. The van der Waals surface area contributed by atoms with Crippen molar-refractivity contribution in [1.82, 2.24) is 19.7 Å². The summed E-state index contributed by atoms with van der Waals surface area (Å²) in [4.78, 5) is 8.94. The number of anilines is 2. The number of halogens is 3. The Hall–Kier alpha value is -3.88. The fourth-order valence-corrected chi connectivity index (χ4v) is 4.74. The molecule has 0 aliphatic carbocycles. The quantitative estimate of drug-likeness (QED) is 0.337. The first kappa shape index (κ1) is 23.8. The summed E-state index contributed by atoms with van der Waals surface area (Å²) in [5.41, 5.74) is 4.40. The maximum absolute atomic E-state index is 13.4. The van der Waals surface area contributed by atoms with Crippen molar-refractivity contribution in [3.63, 3.8) is 0 Å². The van der Waals surface area contributed by atoms with Gasteiger partial charge >= 0.3 is 6.18 Å². The van der Waals surface area contributed by atoms with Crippen LogP contribution in [-0.2, 0) is 12.7 Å². The van der Waals surface area contributed by atoms with Gasteiger partial charge in [0.05, 0.1) is 12.7 Å². The van der Waals surface area contributed by atoms with Crippen molar-refractivity contribution in [3.05, 3.63) is 82.9 Å². The zero-order valence-electron chi connectivity index (χ0n) is 20.2. The summed E-state index contributed by atoms with van der Waals surface area (Å²) in [5.74, 6) is 1.50. The molecule has 2 aromatic heterocycles. The highest BCUT2D eigenvalue weighted by molar-refractivity contribution is 5.74. The van der Waals surface area contributed by atoms with E-state index in [-0.39, 0.29) is 5.92 Å². The molecule has 0 saturated carbocycles. The number of ether oxygens (including phenoxy) is 1. The van der Waals surface area contributed by atoms with E-state index in [1.54, 1.807) is 18.0 Å². The number of nitrogens with zero attached hydrogens (tertiary/aromatic N) is 4. The van der Waals surface area contributed by atoms with Gasteiger partial charge in [0.15, 0.2) is 0 Å². The van der Waals surface area contributed by atoms with E-state index in [0.29, 0.717) is 36.1 Å². The second-order valence-electron chi connectivity index (χ2n) is 9.01. The number of fused-ring (bicyclic) bond motifs is 1. The third-order valence-corrected chi connectivity index (χ3v) is 6.52.